The SMILES string of the molecule is O=C(CC1CCCC1)N1CCC[C@H](CNc2nc(-c3c[nH]c4ncc(Cl)cc34)ncc2F)C1. The largest absolute Gasteiger partial charge is 0.367 e. The summed E-state index contributed by atoms with van der Waals surface area (Å²) in [5, 5.41) is 4.45. The van der Waals surface area contributed by atoms with Gasteiger partial charge in [-0.3, -0.25) is 4.79 Å². The highest BCUT2D eigenvalue weighted by Gasteiger charge is 2.27. The Balaban J connectivity index is 1.25. The van der Waals surface area contributed by atoms with E-state index < -0.39 is 5.82 Å². The lowest BCUT2D eigenvalue weighted by molar-refractivity contribution is -0.133. The van der Waals surface area contributed by atoms with E-state index in [1.165, 1.54) is 31.9 Å². The smallest absolute Gasteiger partial charge is 0.222 e. The number of nitrogens with one attached hydrogen (secondary N) is 2. The molecular weight excluding hydrogens is 443 g/mol. The fourth-order valence-corrected chi connectivity index (χ4v) is 5.23. The van der Waals surface area contributed by atoms with Crippen molar-refractivity contribution < 1.29 is 9.18 Å². The summed E-state index contributed by atoms with van der Waals surface area (Å²) >= 11 is 6.09. The number of H-pyrrole nitrogens is 1. The van der Waals surface area contributed by atoms with Crippen molar-refractivity contribution in [1.29, 1.82) is 0 Å². The molecular formula is C24H28ClFN6O. The number of anilines is 1. The van der Waals surface area contributed by atoms with Crippen molar-refractivity contribution in [2.75, 3.05) is 25.0 Å². The molecule has 174 valence electrons. The Labute approximate surface area is 197 Å². The molecule has 0 radical (unpaired) electrons. The van der Waals surface area contributed by atoms with Crippen molar-refractivity contribution in [1.82, 2.24) is 24.8 Å². The first kappa shape index (κ1) is 22.1. The average Bonchev–Trinajstić information content (AvgIpc) is 3.48. The molecule has 3 aromatic rings. The Hall–Kier alpha value is -2.74. The summed E-state index contributed by atoms with van der Waals surface area (Å²) in [5.74, 6) is 1.15. The Kier molecular flexibility index (Phi) is 6.44. The van der Waals surface area contributed by atoms with Crippen LogP contribution in [0.15, 0.2) is 24.7 Å². The highest BCUT2D eigenvalue weighted by Crippen LogP contribution is 2.30. The van der Waals surface area contributed by atoms with Crippen LogP contribution in [-0.2, 0) is 4.79 Å². The molecule has 1 aliphatic heterocycles. The molecule has 33 heavy (non-hydrogen) atoms. The van der Waals surface area contributed by atoms with Crippen LogP contribution in [0.2, 0.25) is 5.02 Å². The van der Waals surface area contributed by atoms with E-state index in [9.17, 15) is 9.18 Å². The van der Waals surface area contributed by atoms with Gasteiger partial charge < -0.3 is 15.2 Å². The fraction of sp³-hybridized carbons (Fsp3) is 0.500. The Morgan fingerprint density at radius 3 is 2.85 bits per heavy atom. The van der Waals surface area contributed by atoms with Crippen molar-refractivity contribution in [2.45, 2.75) is 44.9 Å². The van der Waals surface area contributed by atoms with Crippen LogP contribution < -0.4 is 5.32 Å². The molecule has 2 fully saturated rings. The Bertz CT molecular complexity index is 1150. The van der Waals surface area contributed by atoms with Gasteiger partial charge in [0.25, 0.3) is 0 Å². The zero-order chi connectivity index (χ0) is 22.8. The maximum atomic E-state index is 14.5. The number of pyridine rings is 1. The second-order valence-electron chi connectivity index (χ2n) is 9.23. The maximum absolute atomic E-state index is 14.5. The molecule has 2 aliphatic rings. The number of carbonyl (C=O) groups excluding carboxylic acids is 1. The average molecular weight is 471 g/mol. The third kappa shape index (κ3) is 4.95. The Morgan fingerprint density at radius 1 is 1.18 bits per heavy atom. The van der Waals surface area contributed by atoms with Crippen molar-refractivity contribution in [3.05, 3.63) is 35.5 Å². The monoisotopic (exact) mass is 470 g/mol. The highest BCUT2D eigenvalue weighted by atomic mass is 35.5. The topological polar surface area (TPSA) is 86.8 Å². The van der Waals surface area contributed by atoms with Crippen LogP contribution in [0.5, 0.6) is 0 Å². The van der Waals surface area contributed by atoms with Gasteiger partial charge >= 0.3 is 0 Å². The van der Waals surface area contributed by atoms with Crippen molar-refractivity contribution in [3.8, 4) is 11.4 Å². The molecule has 0 aromatic carbocycles. The van der Waals surface area contributed by atoms with Crippen molar-refractivity contribution in [3.63, 3.8) is 0 Å². The fourth-order valence-electron chi connectivity index (χ4n) is 5.07. The number of aromatic amines is 1. The summed E-state index contributed by atoms with van der Waals surface area (Å²) in [6, 6.07) is 1.79. The van der Waals surface area contributed by atoms with Gasteiger partial charge in [0.1, 0.15) is 5.65 Å². The van der Waals surface area contributed by atoms with Crippen LogP contribution >= 0.6 is 11.6 Å². The number of nitrogens with zero attached hydrogens (tertiary/aromatic N) is 4. The normalized spacial score (nSPS) is 19.3. The van der Waals surface area contributed by atoms with Gasteiger partial charge in [0.05, 0.1) is 11.2 Å². The molecule has 1 saturated heterocycles. The number of rotatable bonds is 6. The van der Waals surface area contributed by atoms with Crippen LogP contribution in [0.3, 0.4) is 0 Å². The molecule has 2 N–H and O–H groups in total. The van der Waals surface area contributed by atoms with Gasteiger partial charge in [0.2, 0.25) is 5.91 Å². The lowest BCUT2D eigenvalue weighted by atomic mass is 9.96. The lowest BCUT2D eigenvalue weighted by Gasteiger charge is -2.33. The van der Waals surface area contributed by atoms with Gasteiger partial charge in [-0.05, 0) is 43.6 Å². The first-order valence-corrected chi connectivity index (χ1v) is 12.1. The van der Waals surface area contributed by atoms with Crippen LogP contribution in [0.1, 0.15) is 44.9 Å². The zero-order valence-electron chi connectivity index (χ0n) is 18.5. The van der Waals surface area contributed by atoms with E-state index in [1.807, 2.05) is 4.90 Å². The first-order chi connectivity index (χ1) is 16.1. The second-order valence-corrected chi connectivity index (χ2v) is 9.66. The molecule has 1 amide bonds. The summed E-state index contributed by atoms with van der Waals surface area (Å²) in [4.78, 5) is 30.7. The molecule has 0 unspecified atom stereocenters. The van der Waals surface area contributed by atoms with Crippen LogP contribution in [0.25, 0.3) is 22.4 Å². The van der Waals surface area contributed by atoms with E-state index in [2.05, 4.69) is 25.3 Å². The number of hydrogen-bond donors (Lipinski definition) is 2. The standard InChI is InChI=1S/C24H28ClFN6O/c25-17-9-18-19(12-29-22(18)28-11-17)23-30-13-20(26)24(31-23)27-10-16-6-3-7-32(14-16)21(33)8-15-4-1-2-5-15/h9,11-13,15-16H,1-8,10,14H2,(H,28,29)(H,27,30,31)/t16-/m1/s1. The second kappa shape index (κ2) is 9.63. The first-order valence-electron chi connectivity index (χ1n) is 11.7. The zero-order valence-corrected chi connectivity index (χ0v) is 19.2. The third-order valence-corrected chi connectivity index (χ3v) is 7.06. The predicted octanol–water partition coefficient (Wildman–Crippen LogP) is 5.04. The third-order valence-electron chi connectivity index (χ3n) is 6.85. The van der Waals surface area contributed by atoms with E-state index in [1.54, 1.807) is 18.5 Å². The van der Waals surface area contributed by atoms with Gasteiger partial charge in [0, 0.05) is 49.4 Å². The number of hydrogen-bond acceptors (Lipinski definition) is 5. The summed E-state index contributed by atoms with van der Waals surface area (Å²) in [6.07, 6.45) is 12.0. The lowest BCUT2D eigenvalue weighted by Crippen LogP contribution is -2.42. The molecule has 1 saturated carbocycles. The van der Waals surface area contributed by atoms with E-state index >= 15 is 0 Å². The molecule has 7 nitrogen and oxygen atoms in total. The van der Waals surface area contributed by atoms with Crippen LogP contribution in [0.4, 0.5) is 10.2 Å². The highest BCUT2D eigenvalue weighted by molar-refractivity contribution is 6.31. The minimum Gasteiger partial charge on any atom is -0.367 e. The molecule has 9 heteroatoms. The number of halogens is 2. The van der Waals surface area contributed by atoms with E-state index in [0.717, 1.165) is 24.8 Å². The van der Waals surface area contributed by atoms with E-state index in [4.69, 9.17) is 11.6 Å². The van der Waals surface area contributed by atoms with Gasteiger partial charge in [-0.1, -0.05) is 24.4 Å². The Morgan fingerprint density at radius 2 is 2.00 bits per heavy atom. The van der Waals surface area contributed by atoms with Crippen molar-refractivity contribution in [2.24, 2.45) is 11.8 Å². The van der Waals surface area contributed by atoms with Gasteiger partial charge in [-0.15, -0.1) is 0 Å². The summed E-state index contributed by atoms with van der Waals surface area (Å²) in [7, 11) is 0. The minimum absolute atomic E-state index is 0.166. The maximum Gasteiger partial charge on any atom is 0.222 e. The van der Waals surface area contributed by atoms with Crippen LogP contribution in [-0.4, -0.2) is 50.4 Å². The molecule has 0 spiro atoms. The minimum atomic E-state index is -0.500. The van der Waals surface area contributed by atoms with Gasteiger partial charge in [-0.2, -0.15) is 0 Å². The molecule has 1 aliphatic carbocycles. The summed E-state index contributed by atoms with van der Waals surface area (Å²) in [6.45, 7) is 2.10. The summed E-state index contributed by atoms with van der Waals surface area (Å²) in [5.41, 5.74) is 1.38. The number of piperidine rings is 1. The number of amides is 1. The molecule has 5 rings (SSSR count). The number of fused-ring (bicyclic) bond motifs is 1. The van der Waals surface area contributed by atoms with Gasteiger partial charge in [0.15, 0.2) is 17.5 Å². The molecule has 0 bridgehead atoms. The molecule has 1 atom stereocenters. The summed E-state index contributed by atoms with van der Waals surface area (Å²) < 4.78 is 14.5. The number of carbonyl (C=O) groups is 1. The van der Waals surface area contributed by atoms with E-state index in [-0.39, 0.29) is 17.6 Å². The quantitative estimate of drug-likeness (QED) is 0.526. The van der Waals surface area contributed by atoms with Crippen LogP contribution in [0, 0.1) is 17.7 Å². The van der Waals surface area contributed by atoms with Crippen molar-refractivity contribution >= 4 is 34.4 Å². The molecule has 3 aromatic heterocycles. The van der Waals surface area contributed by atoms with E-state index in [0.29, 0.717) is 47.5 Å². The number of aromatic nitrogens is 4. The number of likely N-dealkylation sites (tertiary alicyclic amines) is 1. The molecule has 4 heterocycles. The predicted molar refractivity (Wildman–Crippen MR) is 126 cm³/mol. The van der Waals surface area contributed by atoms with Gasteiger partial charge in [-0.25, -0.2) is 19.3 Å².